The average Bonchev–Trinajstić information content (AvgIpc) is 3.07. The number of nitrogens with one attached hydrogen (secondary N) is 2. The van der Waals surface area contributed by atoms with Crippen molar-refractivity contribution in [2.75, 3.05) is 0 Å². The lowest BCUT2D eigenvalue weighted by atomic mass is 9.89. The molecule has 1 aromatic carbocycles. The van der Waals surface area contributed by atoms with E-state index in [0.717, 1.165) is 35.1 Å². The van der Waals surface area contributed by atoms with Crippen LogP contribution in [0.25, 0.3) is 11.0 Å². The van der Waals surface area contributed by atoms with Gasteiger partial charge in [-0.05, 0) is 51.5 Å². The van der Waals surface area contributed by atoms with Crippen molar-refractivity contribution in [1.29, 1.82) is 0 Å². The molecule has 2 aliphatic rings. The third-order valence-electron chi connectivity index (χ3n) is 5.70. The standard InChI is InChI=1S/C20H26N2O2.ClH/c1-12-17-5-3-4-6-18(17)24-20(12)13(2)21-19(23)11-14-9-15-7-8-16(10-14)22-15;/h3-6,13-16,22H,7-11H2,1-2H3,(H,21,23);1H. The molecule has 5 heteroatoms. The Balaban J connectivity index is 0.00000182. The van der Waals surface area contributed by atoms with Gasteiger partial charge in [-0.3, -0.25) is 4.79 Å². The van der Waals surface area contributed by atoms with Crippen LogP contribution in [0.4, 0.5) is 0 Å². The number of benzene rings is 1. The van der Waals surface area contributed by atoms with Crippen LogP contribution in [0.5, 0.6) is 0 Å². The van der Waals surface area contributed by atoms with Gasteiger partial charge in [0.05, 0.1) is 6.04 Å². The SMILES string of the molecule is Cc1c(C(C)NC(=O)CC2CC3CCC(C2)N3)oc2ccccc12.Cl. The second kappa shape index (κ2) is 7.38. The number of rotatable bonds is 4. The summed E-state index contributed by atoms with van der Waals surface area (Å²) in [5, 5.41) is 7.91. The molecule has 1 amide bonds. The molecular formula is C20H27ClN2O2. The number of piperidine rings is 1. The van der Waals surface area contributed by atoms with Gasteiger partial charge in [0, 0.05) is 29.5 Å². The van der Waals surface area contributed by atoms with Crippen LogP contribution in [0.2, 0.25) is 0 Å². The molecule has 2 aliphatic heterocycles. The molecule has 3 unspecified atom stereocenters. The van der Waals surface area contributed by atoms with Crippen LogP contribution < -0.4 is 10.6 Å². The normalized spacial score (nSPS) is 26.2. The van der Waals surface area contributed by atoms with Crippen LogP contribution in [0.15, 0.2) is 28.7 Å². The van der Waals surface area contributed by atoms with Crippen LogP contribution >= 0.6 is 12.4 Å². The molecule has 0 aliphatic carbocycles. The highest BCUT2D eigenvalue weighted by Crippen LogP contribution is 2.33. The minimum Gasteiger partial charge on any atom is -0.459 e. The first-order chi connectivity index (χ1) is 11.6. The van der Waals surface area contributed by atoms with Crippen molar-refractivity contribution >= 4 is 29.3 Å². The van der Waals surface area contributed by atoms with Crippen LogP contribution in [0.3, 0.4) is 0 Å². The summed E-state index contributed by atoms with van der Waals surface area (Å²) in [7, 11) is 0. The minimum atomic E-state index is -0.0941. The molecule has 25 heavy (non-hydrogen) atoms. The molecule has 136 valence electrons. The Labute approximate surface area is 155 Å². The lowest BCUT2D eigenvalue weighted by molar-refractivity contribution is -0.123. The van der Waals surface area contributed by atoms with E-state index < -0.39 is 0 Å². The highest BCUT2D eigenvalue weighted by atomic mass is 35.5. The molecule has 0 saturated carbocycles. The monoisotopic (exact) mass is 362 g/mol. The molecule has 2 fully saturated rings. The Morgan fingerprint density at radius 3 is 2.64 bits per heavy atom. The quantitative estimate of drug-likeness (QED) is 0.854. The van der Waals surface area contributed by atoms with Gasteiger partial charge in [0.25, 0.3) is 0 Å². The predicted molar refractivity (Wildman–Crippen MR) is 102 cm³/mol. The van der Waals surface area contributed by atoms with E-state index in [0.29, 0.717) is 24.4 Å². The van der Waals surface area contributed by atoms with Crippen molar-refractivity contribution in [2.45, 2.75) is 64.1 Å². The Morgan fingerprint density at radius 2 is 1.96 bits per heavy atom. The molecule has 4 nitrogen and oxygen atoms in total. The van der Waals surface area contributed by atoms with Gasteiger partial charge >= 0.3 is 0 Å². The van der Waals surface area contributed by atoms with E-state index in [2.05, 4.69) is 23.6 Å². The maximum Gasteiger partial charge on any atom is 0.220 e. The Hall–Kier alpha value is -1.52. The first-order valence-corrected chi connectivity index (χ1v) is 9.13. The zero-order chi connectivity index (χ0) is 16.7. The maximum absolute atomic E-state index is 12.5. The number of fused-ring (bicyclic) bond motifs is 3. The first-order valence-electron chi connectivity index (χ1n) is 9.13. The summed E-state index contributed by atoms with van der Waals surface area (Å²) in [5.74, 6) is 1.54. The number of carbonyl (C=O) groups is 1. The topological polar surface area (TPSA) is 54.3 Å². The van der Waals surface area contributed by atoms with E-state index in [1.807, 2.05) is 25.1 Å². The second-order valence-corrected chi connectivity index (χ2v) is 7.56. The number of para-hydroxylation sites is 1. The average molecular weight is 363 g/mol. The smallest absolute Gasteiger partial charge is 0.220 e. The van der Waals surface area contributed by atoms with E-state index in [1.54, 1.807) is 0 Å². The maximum atomic E-state index is 12.5. The van der Waals surface area contributed by atoms with Crippen molar-refractivity contribution in [3.05, 3.63) is 35.6 Å². The van der Waals surface area contributed by atoms with Crippen molar-refractivity contribution in [1.82, 2.24) is 10.6 Å². The molecule has 0 radical (unpaired) electrons. The molecule has 0 spiro atoms. The lowest BCUT2D eigenvalue weighted by Gasteiger charge is -2.29. The van der Waals surface area contributed by atoms with Crippen LogP contribution in [0, 0.1) is 12.8 Å². The summed E-state index contributed by atoms with van der Waals surface area (Å²) in [5.41, 5.74) is 2.01. The fraction of sp³-hybridized carbons (Fsp3) is 0.550. The van der Waals surface area contributed by atoms with Gasteiger partial charge in [-0.1, -0.05) is 18.2 Å². The fourth-order valence-electron chi connectivity index (χ4n) is 4.58. The summed E-state index contributed by atoms with van der Waals surface area (Å²) in [4.78, 5) is 12.5. The number of carbonyl (C=O) groups excluding carboxylic acids is 1. The molecular weight excluding hydrogens is 336 g/mol. The Bertz CT molecular complexity index is 745. The Kier molecular flexibility index (Phi) is 5.40. The first kappa shape index (κ1) is 18.3. The number of hydrogen-bond acceptors (Lipinski definition) is 3. The number of halogens is 1. The van der Waals surface area contributed by atoms with Crippen molar-refractivity contribution in [2.24, 2.45) is 5.92 Å². The largest absolute Gasteiger partial charge is 0.459 e. The van der Waals surface area contributed by atoms with Gasteiger partial charge in [-0.25, -0.2) is 0 Å². The molecule has 1 aromatic heterocycles. The molecule has 2 aromatic rings. The lowest BCUT2D eigenvalue weighted by Crippen LogP contribution is -2.40. The van der Waals surface area contributed by atoms with Gasteiger partial charge < -0.3 is 15.1 Å². The third-order valence-corrected chi connectivity index (χ3v) is 5.70. The van der Waals surface area contributed by atoms with Crippen LogP contribution in [-0.2, 0) is 4.79 Å². The zero-order valence-electron chi connectivity index (χ0n) is 14.9. The summed E-state index contributed by atoms with van der Waals surface area (Å²) in [6.07, 6.45) is 5.47. The highest BCUT2D eigenvalue weighted by molar-refractivity contribution is 5.85. The van der Waals surface area contributed by atoms with Gasteiger partial charge in [0.2, 0.25) is 5.91 Å². The van der Waals surface area contributed by atoms with Crippen molar-refractivity contribution < 1.29 is 9.21 Å². The van der Waals surface area contributed by atoms with E-state index in [1.165, 1.54) is 12.8 Å². The van der Waals surface area contributed by atoms with E-state index in [-0.39, 0.29) is 24.4 Å². The van der Waals surface area contributed by atoms with Crippen molar-refractivity contribution in [3.8, 4) is 0 Å². The van der Waals surface area contributed by atoms with Crippen LogP contribution in [0.1, 0.15) is 56.4 Å². The molecule has 3 heterocycles. The van der Waals surface area contributed by atoms with Crippen LogP contribution in [-0.4, -0.2) is 18.0 Å². The van der Waals surface area contributed by atoms with Crippen molar-refractivity contribution in [3.63, 3.8) is 0 Å². The molecule has 2 saturated heterocycles. The summed E-state index contributed by atoms with van der Waals surface area (Å²) < 4.78 is 5.97. The van der Waals surface area contributed by atoms with Gasteiger partial charge in [-0.2, -0.15) is 0 Å². The molecule has 4 rings (SSSR count). The number of amides is 1. The highest BCUT2D eigenvalue weighted by Gasteiger charge is 2.34. The molecule has 2 bridgehead atoms. The zero-order valence-corrected chi connectivity index (χ0v) is 15.7. The van der Waals surface area contributed by atoms with E-state index in [9.17, 15) is 4.79 Å². The second-order valence-electron chi connectivity index (χ2n) is 7.56. The molecule has 3 atom stereocenters. The fourth-order valence-corrected chi connectivity index (χ4v) is 4.58. The Morgan fingerprint density at radius 1 is 1.28 bits per heavy atom. The minimum absolute atomic E-state index is 0. The van der Waals surface area contributed by atoms with E-state index >= 15 is 0 Å². The summed E-state index contributed by atoms with van der Waals surface area (Å²) in [6.45, 7) is 4.07. The summed E-state index contributed by atoms with van der Waals surface area (Å²) >= 11 is 0. The van der Waals surface area contributed by atoms with Gasteiger partial charge in [-0.15, -0.1) is 12.4 Å². The van der Waals surface area contributed by atoms with E-state index in [4.69, 9.17) is 4.42 Å². The predicted octanol–water partition coefficient (Wildman–Crippen LogP) is 4.26. The number of furan rings is 1. The number of hydrogen-bond donors (Lipinski definition) is 2. The third kappa shape index (κ3) is 3.70. The van der Waals surface area contributed by atoms with Gasteiger partial charge in [0.15, 0.2) is 0 Å². The number of aryl methyl sites for hydroxylation is 1. The summed E-state index contributed by atoms with van der Waals surface area (Å²) in [6, 6.07) is 9.21. The van der Waals surface area contributed by atoms with Gasteiger partial charge in [0.1, 0.15) is 11.3 Å². The molecule has 2 N–H and O–H groups in total.